The molecule has 0 radical (unpaired) electrons. The number of anilines is 2. The molecule has 0 atom stereocenters. The summed E-state index contributed by atoms with van der Waals surface area (Å²) in [4.78, 5) is 24.5. The first kappa shape index (κ1) is 16.4. The van der Waals surface area contributed by atoms with Gasteiger partial charge in [-0.1, -0.05) is 25.1 Å². The molecule has 0 saturated carbocycles. The van der Waals surface area contributed by atoms with Gasteiger partial charge in [-0.2, -0.15) is 0 Å². The third-order valence-corrected chi connectivity index (χ3v) is 4.68. The van der Waals surface area contributed by atoms with Crippen molar-refractivity contribution in [2.45, 2.75) is 18.2 Å². The van der Waals surface area contributed by atoms with Gasteiger partial charge < -0.3 is 15.4 Å². The number of benzene rings is 2. The largest absolute Gasteiger partial charge is 0.483 e. The van der Waals surface area contributed by atoms with E-state index in [-0.39, 0.29) is 18.4 Å². The SMILES string of the molecule is CCc1ccccc1OCC(=O)Nc1ccc2c(c1)NC(=O)CS2. The van der Waals surface area contributed by atoms with Crippen LogP contribution in [0.4, 0.5) is 11.4 Å². The lowest BCUT2D eigenvalue weighted by Crippen LogP contribution is -2.21. The highest BCUT2D eigenvalue weighted by Crippen LogP contribution is 2.33. The molecule has 2 aromatic rings. The van der Waals surface area contributed by atoms with Crippen LogP contribution in [0.1, 0.15) is 12.5 Å². The van der Waals surface area contributed by atoms with Crippen LogP contribution in [0.15, 0.2) is 47.4 Å². The molecule has 2 aromatic carbocycles. The van der Waals surface area contributed by atoms with Gasteiger partial charge in [0, 0.05) is 10.6 Å². The summed E-state index contributed by atoms with van der Waals surface area (Å²) in [5.74, 6) is 0.874. The number of thioether (sulfide) groups is 1. The Morgan fingerprint density at radius 3 is 2.96 bits per heavy atom. The molecule has 1 heterocycles. The van der Waals surface area contributed by atoms with E-state index in [4.69, 9.17) is 4.74 Å². The Labute approximate surface area is 144 Å². The summed E-state index contributed by atoms with van der Waals surface area (Å²) in [7, 11) is 0. The number of fused-ring (bicyclic) bond motifs is 1. The summed E-state index contributed by atoms with van der Waals surface area (Å²) in [5.41, 5.74) is 2.43. The number of hydrogen-bond donors (Lipinski definition) is 2. The van der Waals surface area contributed by atoms with Gasteiger partial charge in [0.25, 0.3) is 5.91 Å². The van der Waals surface area contributed by atoms with Crippen LogP contribution in [-0.4, -0.2) is 24.2 Å². The number of nitrogens with one attached hydrogen (secondary N) is 2. The molecule has 0 aromatic heterocycles. The summed E-state index contributed by atoms with van der Waals surface area (Å²) in [5, 5.41) is 5.59. The van der Waals surface area contributed by atoms with E-state index in [9.17, 15) is 9.59 Å². The van der Waals surface area contributed by atoms with Crippen molar-refractivity contribution in [1.82, 2.24) is 0 Å². The molecule has 124 valence electrons. The Balaban J connectivity index is 1.61. The predicted molar refractivity (Wildman–Crippen MR) is 95.7 cm³/mol. The number of amides is 2. The van der Waals surface area contributed by atoms with E-state index in [2.05, 4.69) is 10.6 Å². The Kier molecular flexibility index (Phi) is 5.05. The first-order valence-corrected chi connectivity index (χ1v) is 8.71. The van der Waals surface area contributed by atoms with Gasteiger partial charge in [0.1, 0.15) is 5.75 Å². The molecule has 24 heavy (non-hydrogen) atoms. The highest BCUT2D eigenvalue weighted by Gasteiger charge is 2.16. The standard InChI is InChI=1S/C18H18N2O3S/c1-2-12-5-3-4-6-15(12)23-10-17(21)19-13-7-8-16-14(9-13)20-18(22)11-24-16/h3-9H,2,10-11H2,1H3,(H,19,21)(H,20,22). The summed E-state index contributed by atoms with van der Waals surface area (Å²) in [6, 6.07) is 13.1. The number of carbonyl (C=O) groups is 2. The van der Waals surface area contributed by atoms with Gasteiger partial charge in [-0.25, -0.2) is 0 Å². The van der Waals surface area contributed by atoms with Gasteiger partial charge in [0.05, 0.1) is 11.4 Å². The molecule has 1 aliphatic heterocycles. The van der Waals surface area contributed by atoms with Crippen LogP contribution >= 0.6 is 11.8 Å². The zero-order valence-electron chi connectivity index (χ0n) is 13.3. The second kappa shape index (κ2) is 7.40. The van der Waals surface area contributed by atoms with Crippen LogP contribution in [0.3, 0.4) is 0 Å². The zero-order valence-corrected chi connectivity index (χ0v) is 14.1. The smallest absolute Gasteiger partial charge is 0.262 e. The number of carbonyl (C=O) groups excluding carboxylic acids is 2. The molecule has 0 aliphatic carbocycles. The molecule has 5 nitrogen and oxygen atoms in total. The van der Waals surface area contributed by atoms with Gasteiger partial charge in [-0.15, -0.1) is 11.8 Å². The Morgan fingerprint density at radius 2 is 2.12 bits per heavy atom. The second-order valence-corrected chi connectivity index (χ2v) is 6.36. The maximum Gasteiger partial charge on any atom is 0.262 e. The van der Waals surface area contributed by atoms with Crippen molar-refractivity contribution < 1.29 is 14.3 Å². The number of ether oxygens (including phenoxy) is 1. The van der Waals surface area contributed by atoms with E-state index in [1.54, 1.807) is 6.07 Å². The minimum Gasteiger partial charge on any atom is -0.483 e. The molecule has 6 heteroatoms. The van der Waals surface area contributed by atoms with Crippen molar-refractivity contribution in [1.29, 1.82) is 0 Å². The fraction of sp³-hybridized carbons (Fsp3) is 0.222. The van der Waals surface area contributed by atoms with E-state index in [1.807, 2.05) is 43.3 Å². The molecule has 0 saturated heterocycles. The van der Waals surface area contributed by atoms with E-state index in [0.717, 1.165) is 28.3 Å². The van der Waals surface area contributed by atoms with Crippen LogP contribution in [-0.2, 0) is 16.0 Å². The van der Waals surface area contributed by atoms with Gasteiger partial charge in [0.2, 0.25) is 5.91 Å². The molecule has 0 fully saturated rings. The highest BCUT2D eigenvalue weighted by molar-refractivity contribution is 8.00. The third kappa shape index (κ3) is 3.89. The lowest BCUT2D eigenvalue weighted by atomic mass is 10.1. The van der Waals surface area contributed by atoms with Crippen molar-refractivity contribution in [2.75, 3.05) is 23.0 Å². The maximum atomic E-state index is 12.1. The number of para-hydroxylation sites is 1. The average Bonchev–Trinajstić information content (AvgIpc) is 2.60. The maximum absolute atomic E-state index is 12.1. The van der Waals surface area contributed by atoms with Crippen molar-refractivity contribution in [3.8, 4) is 5.75 Å². The molecule has 2 N–H and O–H groups in total. The molecular weight excluding hydrogens is 324 g/mol. The molecule has 0 bridgehead atoms. The minimum absolute atomic E-state index is 0.0320. The lowest BCUT2D eigenvalue weighted by Gasteiger charge is -2.17. The first-order valence-electron chi connectivity index (χ1n) is 7.73. The Bertz CT molecular complexity index is 777. The van der Waals surface area contributed by atoms with E-state index in [0.29, 0.717) is 11.4 Å². The molecule has 0 spiro atoms. The average molecular weight is 342 g/mol. The topological polar surface area (TPSA) is 67.4 Å². The van der Waals surface area contributed by atoms with E-state index in [1.165, 1.54) is 11.8 Å². The first-order chi connectivity index (χ1) is 11.7. The van der Waals surface area contributed by atoms with Gasteiger partial charge in [0.15, 0.2) is 6.61 Å². The fourth-order valence-corrected chi connectivity index (χ4v) is 3.23. The second-order valence-electron chi connectivity index (χ2n) is 5.35. The third-order valence-electron chi connectivity index (χ3n) is 3.61. The highest BCUT2D eigenvalue weighted by atomic mass is 32.2. The van der Waals surface area contributed by atoms with Crippen LogP contribution in [0.25, 0.3) is 0 Å². The summed E-state index contributed by atoms with van der Waals surface area (Å²) in [6.45, 7) is 1.98. The quantitative estimate of drug-likeness (QED) is 0.875. The normalized spacial score (nSPS) is 13.0. The summed E-state index contributed by atoms with van der Waals surface area (Å²) in [6.07, 6.45) is 0.847. The molecule has 0 unspecified atom stereocenters. The van der Waals surface area contributed by atoms with Crippen LogP contribution in [0.5, 0.6) is 5.75 Å². The molecule has 2 amide bonds. The van der Waals surface area contributed by atoms with Crippen LogP contribution in [0.2, 0.25) is 0 Å². The zero-order chi connectivity index (χ0) is 16.9. The number of aryl methyl sites for hydroxylation is 1. The van der Waals surface area contributed by atoms with Crippen molar-refractivity contribution >= 4 is 35.0 Å². The van der Waals surface area contributed by atoms with Crippen LogP contribution < -0.4 is 15.4 Å². The van der Waals surface area contributed by atoms with Gasteiger partial charge >= 0.3 is 0 Å². The minimum atomic E-state index is -0.240. The summed E-state index contributed by atoms with van der Waals surface area (Å²) >= 11 is 1.49. The van der Waals surface area contributed by atoms with Crippen molar-refractivity contribution in [2.24, 2.45) is 0 Å². The Morgan fingerprint density at radius 1 is 1.29 bits per heavy atom. The monoisotopic (exact) mass is 342 g/mol. The fourth-order valence-electron chi connectivity index (χ4n) is 2.44. The molecule has 3 rings (SSSR count). The summed E-state index contributed by atoms with van der Waals surface area (Å²) < 4.78 is 5.61. The van der Waals surface area contributed by atoms with Crippen molar-refractivity contribution in [3.63, 3.8) is 0 Å². The number of hydrogen-bond acceptors (Lipinski definition) is 4. The van der Waals surface area contributed by atoms with Gasteiger partial charge in [-0.3, -0.25) is 9.59 Å². The van der Waals surface area contributed by atoms with E-state index >= 15 is 0 Å². The van der Waals surface area contributed by atoms with E-state index < -0.39 is 0 Å². The van der Waals surface area contributed by atoms with Crippen molar-refractivity contribution in [3.05, 3.63) is 48.0 Å². The molecular formula is C18H18N2O3S. The Hall–Kier alpha value is -2.47. The predicted octanol–water partition coefficient (Wildman–Crippen LogP) is 3.31. The lowest BCUT2D eigenvalue weighted by molar-refractivity contribution is -0.118. The number of rotatable bonds is 5. The van der Waals surface area contributed by atoms with Gasteiger partial charge in [-0.05, 0) is 36.2 Å². The van der Waals surface area contributed by atoms with Crippen LogP contribution in [0, 0.1) is 0 Å². The molecule has 1 aliphatic rings.